The van der Waals surface area contributed by atoms with Crippen molar-refractivity contribution in [1.29, 1.82) is 0 Å². The fourth-order valence-corrected chi connectivity index (χ4v) is 5.17. The van der Waals surface area contributed by atoms with E-state index in [0.717, 1.165) is 5.56 Å². The molecule has 1 aliphatic carbocycles. The van der Waals surface area contributed by atoms with Crippen LogP contribution in [0.4, 0.5) is 0 Å². The van der Waals surface area contributed by atoms with Crippen molar-refractivity contribution in [3.05, 3.63) is 30.1 Å². The lowest BCUT2D eigenvalue weighted by Gasteiger charge is -2.58. The quantitative estimate of drug-likeness (QED) is 0.384. The first-order chi connectivity index (χ1) is 15.3. The molecule has 4 rings (SSSR count). The largest absolute Gasteiger partial charge is 0.391 e. The standard InChI is InChI=1S/C22H33N3O7/c1-4-13-17(27)16(23-3)19-20(18(13)28)31-21-22(29,32-19)14(9-11(2)30-21)25-15(26)10-12-5-7-24-8-6-12/h5-8,11,13-14,16-21,23,27-29H,4,9-10H2,1-3H3,(H,25,26)/t11-,13-,14-,16+,17+,18+,19?,20?,21?,22+/m1/s1. The zero-order chi connectivity index (χ0) is 23.0. The van der Waals surface area contributed by atoms with Crippen LogP contribution in [0.25, 0.3) is 0 Å². The predicted octanol–water partition coefficient (Wildman–Crippen LogP) is -0.934. The molecule has 3 unspecified atom stereocenters. The molecule has 0 aromatic carbocycles. The molecule has 0 radical (unpaired) electrons. The van der Waals surface area contributed by atoms with Gasteiger partial charge in [0.1, 0.15) is 12.2 Å². The highest BCUT2D eigenvalue weighted by Gasteiger charge is 2.63. The zero-order valence-electron chi connectivity index (χ0n) is 18.5. The van der Waals surface area contributed by atoms with Crippen molar-refractivity contribution < 1.29 is 34.3 Å². The van der Waals surface area contributed by atoms with E-state index in [2.05, 4.69) is 15.6 Å². The van der Waals surface area contributed by atoms with Gasteiger partial charge in [-0.15, -0.1) is 0 Å². The molecule has 10 atom stereocenters. The number of likely N-dealkylation sites (N-methyl/N-ethyl adjacent to an activating group) is 1. The Bertz CT molecular complexity index is 799. The summed E-state index contributed by atoms with van der Waals surface area (Å²) in [5.74, 6) is -2.68. The monoisotopic (exact) mass is 451 g/mol. The van der Waals surface area contributed by atoms with Gasteiger partial charge in [-0.1, -0.05) is 6.92 Å². The number of hydrogen-bond acceptors (Lipinski definition) is 9. The van der Waals surface area contributed by atoms with Crippen LogP contribution < -0.4 is 10.6 Å². The third-order valence-electron chi connectivity index (χ3n) is 6.88. The molecule has 3 heterocycles. The lowest BCUT2D eigenvalue weighted by Crippen LogP contribution is -2.77. The summed E-state index contributed by atoms with van der Waals surface area (Å²) in [6.45, 7) is 3.71. The van der Waals surface area contributed by atoms with Gasteiger partial charge in [-0.3, -0.25) is 9.78 Å². The van der Waals surface area contributed by atoms with Gasteiger partial charge >= 0.3 is 0 Å². The summed E-state index contributed by atoms with van der Waals surface area (Å²) in [7, 11) is 1.68. The molecule has 1 aromatic rings. The van der Waals surface area contributed by atoms with Gasteiger partial charge in [0.05, 0.1) is 36.8 Å². The van der Waals surface area contributed by atoms with Crippen molar-refractivity contribution in [1.82, 2.24) is 15.6 Å². The maximum absolute atomic E-state index is 12.7. The number of carbonyl (C=O) groups is 1. The number of pyridine rings is 1. The molecule has 0 spiro atoms. The number of aliphatic hydroxyl groups excluding tert-OH is 2. The summed E-state index contributed by atoms with van der Waals surface area (Å²) >= 11 is 0. The smallest absolute Gasteiger partial charge is 0.239 e. The van der Waals surface area contributed by atoms with Crippen LogP contribution in [-0.4, -0.2) is 87.9 Å². The Morgan fingerprint density at radius 3 is 2.59 bits per heavy atom. The van der Waals surface area contributed by atoms with E-state index in [1.807, 2.05) is 13.8 Å². The van der Waals surface area contributed by atoms with Gasteiger partial charge in [0.15, 0.2) is 0 Å². The minimum Gasteiger partial charge on any atom is -0.391 e. The van der Waals surface area contributed by atoms with Crippen LogP contribution in [0.2, 0.25) is 0 Å². The molecule has 3 fully saturated rings. The Morgan fingerprint density at radius 1 is 1.22 bits per heavy atom. The molecule has 178 valence electrons. The number of nitrogens with one attached hydrogen (secondary N) is 2. The molecule has 10 heteroatoms. The number of aromatic nitrogens is 1. The molecule has 5 N–H and O–H groups in total. The number of carbonyl (C=O) groups excluding carboxylic acids is 1. The summed E-state index contributed by atoms with van der Waals surface area (Å²) < 4.78 is 18.0. The van der Waals surface area contributed by atoms with Crippen LogP contribution in [0.15, 0.2) is 24.5 Å². The molecule has 0 bridgehead atoms. The SMILES string of the molecule is CC[C@@H]1[C@H](O)[C@H](NC)C2O[C@]3(O)C(OC2[C@H]1O)O[C@H](C)C[C@H]3NC(=O)Cc1ccncc1. The summed E-state index contributed by atoms with van der Waals surface area (Å²) in [4.78, 5) is 16.7. The molecule has 32 heavy (non-hydrogen) atoms. The predicted molar refractivity (Wildman–Crippen MR) is 112 cm³/mol. The van der Waals surface area contributed by atoms with Crippen LogP contribution in [0, 0.1) is 5.92 Å². The topological polar surface area (TPSA) is 142 Å². The number of rotatable bonds is 5. The Labute approximate surface area is 187 Å². The maximum atomic E-state index is 12.7. The van der Waals surface area contributed by atoms with Gasteiger partial charge in [0.2, 0.25) is 18.0 Å². The van der Waals surface area contributed by atoms with Crippen molar-refractivity contribution in [3.8, 4) is 0 Å². The van der Waals surface area contributed by atoms with E-state index in [9.17, 15) is 20.1 Å². The van der Waals surface area contributed by atoms with Gasteiger partial charge in [-0.25, -0.2) is 0 Å². The van der Waals surface area contributed by atoms with Crippen molar-refractivity contribution in [2.24, 2.45) is 5.92 Å². The molecule has 10 nitrogen and oxygen atoms in total. The van der Waals surface area contributed by atoms with Crippen molar-refractivity contribution in [3.63, 3.8) is 0 Å². The lowest BCUT2D eigenvalue weighted by atomic mass is 9.74. The van der Waals surface area contributed by atoms with E-state index in [1.165, 1.54) is 0 Å². The first-order valence-corrected chi connectivity index (χ1v) is 11.2. The molecule has 1 aromatic heterocycles. The molecular formula is C22H33N3O7. The fourth-order valence-electron chi connectivity index (χ4n) is 5.17. The van der Waals surface area contributed by atoms with E-state index < -0.39 is 54.5 Å². The molecular weight excluding hydrogens is 418 g/mol. The molecule has 1 saturated carbocycles. The van der Waals surface area contributed by atoms with E-state index in [1.54, 1.807) is 31.6 Å². The molecule has 3 aliphatic rings. The van der Waals surface area contributed by atoms with Crippen LogP contribution in [0.1, 0.15) is 32.3 Å². The fraction of sp³-hybridized carbons (Fsp3) is 0.727. The van der Waals surface area contributed by atoms with Crippen LogP contribution in [0.5, 0.6) is 0 Å². The number of fused-ring (bicyclic) bond motifs is 2. The van der Waals surface area contributed by atoms with Crippen molar-refractivity contribution in [2.75, 3.05) is 7.05 Å². The zero-order valence-corrected chi connectivity index (χ0v) is 18.5. The average Bonchev–Trinajstić information content (AvgIpc) is 2.75. The first-order valence-electron chi connectivity index (χ1n) is 11.2. The summed E-state index contributed by atoms with van der Waals surface area (Å²) in [6, 6.07) is 2.12. The molecule has 1 amide bonds. The Kier molecular flexibility index (Phi) is 6.83. The number of hydrogen-bond donors (Lipinski definition) is 5. The Morgan fingerprint density at radius 2 is 1.94 bits per heavy atom. The lowest BCUT2D eigenvalue weighted by molar-refractivity contribution is -0.450. The molecule has 2 aliphatic heterocycles. The maximum Gasteiger partial charge on any atom is 0.239 e. The highest BCUT2D eigenvalue weighted by Crippen LogP contribution is 2.43. The first kappa shape index (κ1) is 23.5. The third-order valence-corrected chi connectivity index (χ3v) is 6.88. The van der Waals surface area contributed by atoms with Crippen molar-refractivity contribution >= 4 is 5.91 Å². The summed E-state index contributed by atoms with van der Waals surface area (Å²) in [5.41, 5.74) is 0.793. The van der Waals surface area contributed by atoms with E-state index in [-0.39, 0.29) is 18.4 Å². The van der Waals surface area contributed by atoms with E-state index in [4.69, 9.17) is 14.2 Å². The van der Waals surface area contributed by atoms with Gasteiger partial charge in [-0.05, 0) is 44.5 Å². The number of aliphatic hydroxyl groups is 3. The summed E-state index contributed by atoms with van der Waals surface area (Å²) in [5, 5.41) is 39.1. The highest BCUT2D eigenvalue weighted by atomic mass is 16.8. The van der Waals surface area contributed by atoms with Gasteiger partial charge in [0.25, 0.3) is 0 Å². The number of ether oxygens (including phenoxy) is 3. The van der Waals surface area contributed by atoms with Crippen molar-refractivity contribution in [2.45, 2.75) is 87.8 Å². The van der Waals surface area contributed by atoms with Crippen LogP contribution >= 0.6 is 0 Å². The minimum atomic E-state index is -1.98. The highest BCUT2D eigenvalue weighted by molar-refractivity contribution is 5.79. The Hall–Kier alpha value is -1.66. The van der Waals surface area contributed by atoms with Gasteiger partial charge < -0.3 is 40.2 Å². The Balaban J connectivity index is 1.56. The third kappa shape index (κ3) is 4.16. The second-order valence-corrected chi connectivity index (χ2v) is 8.97. The van der Waals surface area contributed by atoms with Crippen LogP contribution in [0.3, 0.4) is 0 Å². The van der Waals surface area contributed by atoms with Gasteiger partial charge in [0, 0.05) is 18.3 Å². The number of amides is 1. The molecule has 2 saturated heterocycles. The minimum absolute atomic E-state index is 0.122. The average molecular weight is 452 g/mol. The summed E-state index contributed by atoms with van der Waals surface area (Å²) in [6.07, 6.45) is -0.840. The second-order valence-electron chi connectivity index (χ2n) is 8.97. The second kappa shape index (κ2) is 9.30. The number of nitrogens with zero attached hydrogens (tertiary/aromatic N) is 1. The van der Waals surface area contributed by atoms with E-state index >= 15 is 0 Å². The van der Waals surface area contributed by atoms with E-state index in [0.29, 0.717) is 12.8 Å². The van der Waals surface area contributed by atoms with Crippen LogP contribution in [-0.2, 0) is 25.4 Å². The normalized spacial score (nSPS) is 43.8. The van der Waals surface area contributed by atoms with Gasteiger partial charge in [-0.2, -0.15) is 0 Å².